The number of hydrogen-bond donors (Lipinski definition) is 2. The van der Waals surface area contributed by atoms with Crippen LogP contribution in [-0.4, -0.2) is 41.5 Å². The Morgan fingerprint density at radius 2 is 1.77 bits per heavy atom. The molecule has 4 rings (SSSR count). The average molecular weight is 560 g/mol. The molecule has 0 aromatic heterocycles. The summed E-state index contributed by atoms with van der Waals surface area (Å²) in [6.07, 6.45) is 13.0. The van der Waals surface area contributed by atoms with Crippen molar-refractivity contribution in [2.75, 3.05) is 6.54 Å². The Morgan fingerprint density at radius 3 is 2.45 bits per heavy atom. The van der Waals surface area contributed by atoms with Gasteiger partial charge in [-0.1, -0.05) is 46.3 Å². The SMILES string of the molecule is CC(C)[C@H](CC[C@@H](C)[C@H]1CC[C@H]2[C@@H]3CC=C4C[C@@H](O)CC[C@]4(C)[C@H]3CC[C@]12C)OC(=O)CNC(=O)OC(C)(C)C. The number of esters is 1. The number of carbonyl (C=O) groups is 2. The van der Waals surface area contributed by atoms with E-state index in [4.69, 9.17) is 9.47 Å². The van der Waals surface area contributed by atoms with E-state index >= 15 is 0 Å². The van der Waals surface area contributed by atoms with Gasteiger partial charge in [-0.05, 0) is 131 Å². The van der Waals surface area contributed by atoms with Crippen molar-refractivity contribution in [3.05, 3.63) is 11.6 Å². The molecule has 6 nitrogen and oxygen atoms in total. The summed E-state index contributed by atoms with van der Waals surface area (Å²) in [6.45, 7) is 17.0. The van der Waals surface area contributed by atoms with E-state index in [1.165, 1.54) is 32.1 Å². The van der Waals surface area contributed by atoms with Crippen LogP contribution < -0.4 is 5.32 Å². The van der Waals surface area contributed by atoms with Crippen molar-refractivity contribution in [1.82, 2.24) is 5.32 Å². The van der Waals surface area contributed by atoms with Crippen molar-refractivity contribution < 1.29 is 24.2 Å². The van der Waals surface area contributed by atoms with Crippen LogP contribution >= 0.6 is 0 Å². The molecule has 0 aromatic carbocycles. The number of carbonyl (C=O) groups excluding carboxylic acids is 2. The predicted molar refractivity (Wildman–Crippen MR) is 159 cm³/mol. The molecule has 0 spiro atoms. The standard InChI is InChI=1S/C34H57NO5/c1-21(2)29(39-30(37)20-35-31(38)40-32(4,5)6)14-9-22(3)26-12-13-27-25-11-10-23-19-24(36)15-17-33(23,7)28(25)16-18-34(26,27)8/h10,21-22,24-29,36H,9,11-20H2,1-8H3,(H,35,38)/t22-,24+,25+,26-,27+,28+,29+,33+,34-/m1/s1. The first kappa shape index (κ1) is 31.4. The lowest BCUT2D eigenvalue weighted by Crippen LogP contribution is -2.50. The van der Waals surface area contributed by atoms with Crippen molar-refractivity contribution in [1.29, 1.82) is 0 Å². The minimum absolute atomic E-state index is 0.142. The molecule has 0 heterocycles. The van der Waals surface area contributed by atoms with Gasteiger partial charge in [-0.25, -0.2) is 4.79 Å². The zero-order valence-electron chi connectivity index (χ0n) is 26.6. The molecule has 4 aliphatic rings. The van der Waals surface area contributed by atoms with Crippen LogP contribution in [0.4, 0.5) is 4.79 Å². The third-order valence-corrected chi connectivity index (χ3v) is 11.5. The Hall–Kier alpha value is -1.56. The van der Waals surface area contributed by atoms with Gasteiger partial charge in [-0.3, -0.25) is 4.79 Å². The van der Waals surface area contributed by atoms with Crippen molar-refractivity contribution >= 4 is 12.1 Å². The molecule has 0 unspecified atom stereocenters. The zero-order chi connectivity index (χ0) is 29.5. The first-order valence-electron chi connectivity index (χ1n) is 16.2. The molecule has 0 aromatic rings. The molecule has 0 saturated heterocycles. The van der Waals surface area contributed by atoms with Gasteiger partial charge in [0.25, 0.3) is 0 Å². The molecular formula is C34H57NO5. The largest absolute Gasteiger partial charge is 0.461 e. The number of fused-ring (bicyclic) bond motifs is 5. The highest BCUT2D eigenvalue weighted by molar-refractivity contribution is 5.78. The summed E-state index contributed by atoms with van der Waals surface area (Å²) in [5.41, 5.74) is 1.63. The van der Waals surface area contributed by atoms with Crippen LogP contribution in [0.2, 0.25) is 0 Å². The van der Waals surface area contributed by atoms with E-state index in [0.29, 0.717) is 22.7 Å². The van der Waals surface area contributed by atoms with Crippen LogP contribution in [0.1, 0.15) is 120 Å². The normalized spacial score (nSPS) is 37.0. The summed E-state index contributed by atoms with van der Waals surface area (Å²) >= 11 is 0. The van der Waals surface area contributed by atoms with E-state index in [9.17, 15) is 14.7 Å². The second kappa shape index (κ2) is 12.0. The van der Waals surface area contributed by atoms with E-state index < -0.39 is 17.7 Å². The third-order valence-electron chi connectivity index (χ3n) is 11.5. The van der Waals surface area contributed by atoms with Crippen molar-refractivity contribution in [3.63, 3.8) is 0 Å². The van der Waals surface area contributed by atoms with Crippen LogP contribution in [0.25, 0.3) is 0 Å². The Morgan fingerprint density at radius 1 is 1.05 bits per heavy atom. The second-order valence-electron chi connectivity index (χ2n) is 15.6. The number of allylic oxidation sites excluding steroid dienone is 1. The maximum atomic E-state index is 12.5. The maximum absolute atomic E-state index is 12.5. The van der Waals surface area contributed by atoms with E-state index in [1.807, 2.05) is 0 Å². The molecule has 9 atom stereocenters. The number of alkyl carbamates (subject to hydrolysis) is 1. The lowest BCUT2D eigenvalue weighted by molar-refractivity contribution is -0.150. The number of aliphatic hydroxyl groups is 1. The number of ether oxygens (including phenoxy) is 2. The highest BCUT2D eigenvalue weighted by atomic mass is 16.6. The summed E-state index contributed by atoms with van der Waals surface area (Å²) in [7, 11) is 0. The second-order valence-corrected chi connectivity index (χ2v) is 15.6. The first-order valence-corrected chi connectivity index (χ1v) is 16.2. The first-order chi connectivity index (χ1) is 18.6. The van der Waals surface area contributed by atoms with Crippen molar-refractivity contribution in [3.8, 4) is 0 Å². The Labute approximate surface area is 243 Å². The van der Waals surface area contributed by atoms with Gasteiger partial charge in [-0.2, -0.15) is 0 Å². The van der Waals surface area contributed by atoms with Gasteiger partial charge in [0.2, 0.25) is 0 Å². The van der Waals surface area contributed by atoms with E-state index in [2.05, 4.69) is 46.0 Å². The average Bonchev–Trinajstić information content (AvgIpc) is 3.21. The maximum Gasteiger partial charge on any atom is 0.408 e. The molecule has 2 N–H and O–H groups in total. The number of nitrogens with one attached hydrogen (secondary N) is 1. The Bertz CT molecular complexity index is 952. The molecule has 0 bridgehead atoms. The molecule has 0 aliphatic heterocycles. The van der Waals surface area contributed by atoms with E-state index in [0.717, 1.165) is 49.9 Å². The van der Waals surface area contributed by atoms with Crippen LogP contribution in [0.5, 0.6) is 0 Å². The van der Waals surface area contributed by atoms with Gasteiger partial charge in [0.15, 0.2) is 0 Å². The molecule has 3 fully saturated rings. The summed E-state index contributed by atoms with van der Waals surface area (Å²) in [6, 6.07) is 0. The molecule has 6 heteroatoms. The topological polar surface area (TPSA) is 84.9 Å². The molecule has 3 saturated carbocycles. The van der Waals surface area contributed by atoms with Gasteiger partial charge in [0, 0.05) is 0 Å². The lowest BCUT2D eigenvalue weighted by Gasteiger charge is -2.58. The van der Waals surface area contributed by atoms with Crippen LogP contribution in [0, 0.1) is 46.3 Å². The van der Waals surface area contributed by atoms with Gasteiger partial charge in [0.1, 0.15) is 18.2 Å². The number of aliphatic hydroxyl groups excluding tert-OH is 1. The van der Waals surface area contributed by atoms with Gasteiger partial charge >= 0.3 is 12.1 Å². The summed E-state index contributed by atoms with van der Waals surface area (Å²) in [5.74, 6) is 3.45. The van der Waals surface area contributed by atoms with E-state index in [-0.39, 0.29) is 24.7 Å². The zero-order valence-corrected chi connectivity index (χ0v) is 26.6. The number of amides is 1. The molecule has 228 valence electrons. The minimum atomic E-state index is -0.603. The lowest BCUT2D eigenvalue weighted by atomic mass is 9.47. The minimum Gasteiger partial charge on any atom is -0.461 e. The third kappa shape index (κ3) is 6.57. The quantitative estimate of drug-likeness (QED) is 0.239. The molecule has 1 amide bonds. The Kier molecular flexibility index (Phi) is 9.39. The Balaban J connectivity index is 1.33. The summed E-state index contributed by atoms with van der Waals surface area (Å²) in [4.78, 5) is 24.5. The van der Waals surface area contributed by atoms with Gasteiger partial charge < -0.3 is 19.9 Å². The highest BCUT2D eigenvalue weighted by Crippen LogP contribution is 2.67. The smallest absolute Gasteiger partial charge is 0.408 e. The van der Waals surface area contributed by atoms with Crippen molar-refractivity contribution in [2.24, 2.45) is 46.3 Å². The van der Waals surface area contributed by atoms with Crippen molar-refractivity contribution in [2.45, 2.75) is 137 Å². The van der Waals surface area contributed by atoms with E-state index in [1.54, 1.807) is 26.3 Å². The molecular weight excluding hydrogens is 502 g/mol. The number of hydrogen-bond acceptors (Lipinski definition) is 5. The fraction of sp³-hybridized carbons (Fsp3) is 0.882. The molecule has 40 heavy (non-hydrogen) atoms. The van der Waals surface area contributed by atoms with Gasteiger partial charge in [0.05, 0.1) is 6.10 Å². The molecule has 4 aliphatic carbocycles. The van der Waals surface area contributed by atoms with Crippen LogP contribution in [0.3, 0.4) is 0 Å². The fourth-order valence-electron chi connectivity index (χ4n) is 9.44. The highest BCUT2D eigenvalue weighted by Gasteiger charge is 2.59. The van der Waals surface area contributed by atoms with Gasteiger partial charge in [-0.15, -0.1) is 0 Å². The van der Waals surface area contributed by atoms with Crippen LogP contribution in [-0.2, 0) is 14.3 Å². The predicted octanol–water partition coefficient (Wildman–Crippen LogP) is 7.44. The number of rotatable bonds is 8. The monoisotopic (exact) mass is 559 g/mol. The summed E-state index contributed by atoms with van der Waals surface area (Å²) in [5, 5.41) is 12.8. The fourth-order valence-corrected chi connectivity index (χ4v) is 9.44. The molecule has 0 radical (unpaired) electrons. The van der Waals surface area contributed by atoms with Crippen LogP contribution in [0.15, 0.2) is 11.6 Å². The summed E-state index contributed by atoms with van der Waals surface area (Å²) < 4.78 is 11.1.